The fourth-order valence-electron chi connectivity index (χ4n) is 8.36. The summed E-state index contributed by atoms with van der Waals surface area (Å²) in [7, 11) is -2.21. The van der Waals surface area contributed by atoms with Gasteiger partial charge in [-0.3, -0.25) is 13.9 Å². The average Bonchev–Trinajstić information content (AvgIpc) is 2.94. The normalized spacial score (nSPS) is 24.9. The van der Waals surface area contributed by atoms with Crippen LogP contribution in [0.5, 0.6) is 5.75 Å². The Bertz CT molecular complexity index is 1410. The van der Waals surface area contributed by atoms with Crippen molar-refractivity contribution in [1.82, 2.24) is 10.2 Å². The lowest BCUT2D eigenvalue weighted by molar-refractivity contribution is -0.141. The first-order valence-corrected chi connectivity index (χ1v) is 17.9. The maximum absolute atomic E-state index is 14.1. The number of carbonyl (C=O) groups is 2. The van der Waals surface area contributed by atoms with Gasteiger partial charge < -0.3 is 15.0 Å². The van der Waals surface area contributed by atoms with Crippen LogP contribution in [0, 0.1) is 17.8 Å². The Labute approximate surface area is 263 Å². The first-order valence-electron chi connectivity index (χ1n) is 16.0. The highest BCUT2D eigenvalue weighted by molar-refractivity contribution is 7.92. The first kappa shape index (κ1) is 32.3. The summed E-state index contributed by atoms with van der Waals surface area (Å²) >= 11 is 0. The number of sulfonamides is 1. The van der Waals surface area contributed by atoms with E-state index in [4.69, 9.17) is 4.74 Å². The van der Waals surface area contributed by atoms with Gasteiger partial charge in [-0.1, -0.05) is 31.2 Å². The van der Waals surface area contributed by atoms with Crippen LogP contribution in [0.4, 0.5) is 5.69 Å². The summed E-state index contributed by atoms with van der Waals surface area (Å²) in [5, 5.41) is 3.00. The number of nitrogens with zero attached hydrogens (tertiary/aromatic N) is 2. The molecule has 4 aliphatic carbocycles. The molecule has 0 unspecified atom stereocenters. The molecule has 0 heterocycles. The minimum atomic E-state index is -3.80. The monoisotopic (exact) mass is 623 g/mol. The summed E-state index contributed by atoms with van der Waals surface area (Å²) in [6.07, 6.45) is 9.27. The maximum Gasteiger partial charge on any atom is 0.244 e. The van der Waals surface area contributed by atoms with E-state index in [1.165, 1.54) is 53.3 Å². The quantitative estimate of drug-likeness (QED) is 0.349. The van der Waals surface area contributed by atoms with Crippen molar-refractivity contribution in [3.05, 3.63) is 59.7 Å². The number of ether oxygens (including phenoxy) is 1. The highest BCUT2D eigenvalue weighted by Crippen LogP contribution is 2.60. The van der Waals surface area contributed by atoms with Crippen LogP contribution in [-0.2, 0) is 31.6 Å². The van der Waals surface area contributed by atoms with Crippen LogP contribution >= 0.6 is 0 Å². The first-order chi connectivity index (χ1) is 20.7. The summed E-state index contributed by atoms with van der Waals surface area (Å²) in [4.78, 5) is 29.0. The van der Waals surface area contributed by atoms with E-state index in [0.29, 0.717) is 17.9 Å². The van der Waals surface area contributed by atoms with E-state index in [9.17, 15) is 18.0 Å². The second-order valence-electron chi connectivity index (χ2n) is 14.5. The van der Waals surface area contributed by atoms with E-state index in [2.05, 4.69) is 17.4 Å². The molecule has 4 saturated carbocycles. The van der Waals surface area contributed by atoms with E-state index >= 15 is 0 Å². The van der Waals surface area contributed by atoms with E-state index in [1.54, 1.807) is 7.11 Å². The summed E-state index contributed by atoms with van der Waals surface area (Å²) in [5.74, 6) is 2.41. The van der Waals surface area contributed by atoms with Gasteiger partial charge in [0.2, 0.25) is 21.8 Å². The van der Waals surface area contributed by atoms with Crippen molar-refractivity contribution < 1.29 is 22.7 Å². The predicted molar refractivity (Wildman–Crippen MR) is 174 cm³/mol. The van der Waals surface area contributed by atoms with Crippen LogP contribution in [0.2, 0.25) is 0 Å². The van der Waals surface area contributed by atoms with Crippen LogP contribution in [0.15, 0.2) is 48.5 Å². The summed E-state index contributed by atoms with van der Waals surface area (Å²) in [6.45, 7) is 7.30. The molecule has 0 spiro atoms. The lowest BCUT2D eigenvalue weighted by Gasteiger charge is -2.57. The van der Waals surface area contributed by atoms with Crippen LogP contribution in [0.3, 0.4) is 0 Å². The van der Waals surface area contributed by atoms with Crippen LogP contribution in [0.1, 0.15) is 83.8 Å². The molecular formula is C35H49N3O5S. The van der Waals surface area contributed by atoms with Crippen molar-refractivity contribution in [1.29, 1.82) is 0 Å². The van der Waals surface area contributed by atoms with Gasteiger partial charge in [0, 0.05) is 12.1 Å². The Balaban J connectivity index is 1.41. The van der Waals surface area contributed by atoms with Gasteiger partial charge in [-0.15, -0.1) is 0 Å². The van der Waals surface area contributed by atoms with Crippen molar-refractivity contribution >= 4 is 27.5 Å². The molecule has 2 aromatic carbocycles. The van der Waals surface area contributed by atoms with E-state index in [-0.39, 0.29) is 17.9 Å². The highest BCUT2D eigenvalue weighted by Gasteiger charge is 2.51. The number of rotatable bonds is 11. The zero-order valence-electron chi connectivity index (χ0n) is 27.1. The van der Waals surface area contributed by atoms with Gasteiger partial charge in [0.15, 0.2) is 0 Å². The van der Waals surface area contributed by atoms with Crippen LogP contribution in [-0.4, -0.2) is 56.6 Å². The van der Waals surface area contributed by atoms with Gasteiger partial charge in [0.1, 0.15) is 18.3 Å². The smallest absolute Gasteiger partial charge is 0.244 e. The summed E-state index contributed by atoms with van der Waals surface area (Å²) < 4.78 is 32.8. The van der Waals surface area contributed by atoms with Gasteiger partial charge in [0.25, 0.3) is 0 Å². The Morgan fingerprint density at radius 2 is 1.50 bits per heavy atom. The minimum Gasteiger partial charge on any atom is -0.497 e. The Morgan fingerprint density at radius 3 is 1.95 bits per heavy atom. The molecule has 0 aromatic heterocycles. The number of hydrogen-bond acceptors (Lipinski definition) is 5. The van der Waals surface area contributed by atoms with E-state index in [1.807, 2.05) is 64.1 Å². The second kappa shape index (κ2) is 12.4. The largest absolute Gasteiger partial charge is 0.497 e. The molecule has 6 rings (SSSR count). The molecule has 44 heavy (non-hydrogen) atoms. The van der Waals surface area contributed by atoms with Gasteiger partial charge in [0.05, 0.1) is 19.1 Å². The molecule has 2 aromatic rings. The minimum absolute atomic E-state index is 0.154. The zero-order chi connectivity index (χ0) is 31.9. The highest BCUT2D eigenvalue weighted by atomic mass is 32.2. The number of benzene rings is 2. The number of nitrogens with one attached hydrogen (secondary N) is 1. The number of methoxy groups -OCH3 is 1. The molecule has 8 nitrogen and oxygen atoms in total. The standard InChI is InChI=1S/C35H49N3O5S/c1-7-31(33(40)36-34(2,3)4)37(22-24-8-14-30(43-5)15-9-24)32(39)23-38(44(6,41)42)29-12-10-28(11-13-29)35-19-25-16-26(20-35)18-27(17-25)21-35/h8-15,25-27,31H,7,16-23H2,1-6H3,(H,36,40)/t25?,26?,27?,31-,35?/m1/s1. The third-order valence-electron chi connectivity index (χ3n) is 9.88. The number of hydrogen-bond donors (Lipinski definition) is 1. The fourth-order valence-corrected chi connectivity index (χ4v) is 9.21. The lowest BCUT2D eigenvalue weighted by atomic mass is 9.48. The molecule has 4 aliphatic rings. The molecule has 0 aliphatic heterocycles. The van der Waals surface area contributed by atoms with Crippen molar-refractivity contribution in [2.24, 2.45) is 17.8 Å². The van der Waals surface area contributed by atoms with Crippen molar-refractivity contribution in [2.75, 3.05) is 24.2 Å². The number of anilines is 1. The third-order valence-corrected chi connectivity index (χ3v) is 11.0. The molecule has 4 fully saturated rings. The van der Waals surface area contributed by atoms with E-state index < -0.39 is 34.1 Å². The zero-order valence-corrected chi connectivity index (χ0v) is 28.0. The van der Waals surface area contributed by atoms with Gasteiger partial charge in [-0.25, -0.2) is 8.42 Å². The Hall–Kier alpha value is -3.07. The van der Waals surface area contributed by atoms with Crippen molar-refractivity contribution in [3.63, 3.8) is 0 Å². The summed E-state index contributed by atoms with van der Waals surface area (Å²) in [5.41, 5.74) is 2.28. The lowest BCUT2D eigenvalue weighted by Crippen LogP contribution is -2.55. The fraction of sp³-hybridized carbons (Fsp3) is 0.600. The maximum atomic E-state index is 14.1. The number of amides is 2. The van der Waals surface area contributed by atoms with E-state index in [0.717, 1.165) is 29.6 Å². The second-order valence-corrected chi connectivity index (χ2v) is 16.5. The van der Waals surface area contributed by atoms with Crippen molar-refractivity contribution in [3.8, 4) is 5.75 Å². The topological polar surface area (TPSA) is 96.0 Å². The van der Waals surface area contributed by atoms with Crippen molar-refractivity contribution in [2.45, 2.75) is 96.2 Å². The Kier molecular flexibility index (Phi) is 9.09. The number of carbonyl (C=O) groups excluding carboxylic acids is 2. The predicted octanol–water partition coefficient (Wildman–Crippen LogP) is 5.65. The Morgan fingerprint density at radius 1 is 0.955 bits per heavy atom. The molecular weight excluding hydrogens is 574 g/mol. The third kappa shape index (κ3) is 7.08. The molecule has 2 amide bonds. The van der Waals surface area contributed by atoms with Crippen LogP contribution < -0.4 is 14.4 Å². The molecule has 0 saturated heterocycles. The molecule has 0 radical (unpaired) electrons. The van der Waals surface area contributed by atoms with Crippen LogP contribution in [0.25, 0.3) is 0 Å². The average molecular weight is 624 g/mol. The van der Waals surface area contributed by atoms with Gasteiger partial charge in [-0.2, -0.15) is 0 Å². The summed E-state index contributed by atoms with van der Waals surface area (Å²) in [6, 6.07) is 14.4. The molecule has 240 valence electrons. The van der Waals surface area contributed by atoms with Gasteiger partial charge in [-0.05, 0) is 124 Å². The van der Waals surface area contributed by atoms with Gasteiger partial charge >= 0.3 is 0 Å². The molecule has 9 heteroatoms. The molecule has 1 atom stereocenters. The SMILES string of the molecule is CC[C@H](C(=O)NC(C)(C)C)N(Cc1ccc(OC)cc1)C(=O)CN(c1ccc(C23CC4CC(CC(C4)C2)C3)cc1)S(C)(=O)=O. The molecule has 4 bridgehead atoms. The molecule has 1 N–H and O–H groups in total.